The van der Waals surface area contributed by atoms with Crippen molar-refractivity contribution in [3.63, 3.8) is 0 Å². The minimum absolute atomic E-state index is 0.115. The van der Waals surface area contributed by atoms with Gasteiger partial charge >= 0.3 is 6.09 Å². The van der Waals surface area contributed by atoms with Crippen molar-refractivity contribution in [2.75, 3.05) is 44.2 Å². The van der Waals surface area contributed by atoms with Crippen LogP contribution in [0.25, 0.3) is 0 Å². The van der Waals surface area contributed by atoms with Crippen LogP contribution in [0.2, 0.25) is 0 Å². The number of alkyl carbamates (subject to hydrolysis) is 1. The van der Waals surface area contributed by atoms with Crippen LogP contribution in [-0.4, -0.2) is 62.4 Å². The molecule has 5 unspecified atom stereocenters. The molecule has 7 heteroatoms. The Bertz CT molecular complexity index is 1230. The lowest BCUT2D eigenvalue weighted by Crippen LogP contribution is -2.38. The molecule has 0 radical (unpaired) electrons. The van der Waals surface area contributed by atoms with Gasteiger partial charge in [0.15, 0.2) is 5.78 Å². The second-order valence-corrected chi connectivity index (χ2v) is 14.9. The Morgan fingerprint density at radius 3 is 2.48 bits per heavy atom. The second-order valence-electron chi connectivity index (χ2n) is 14.9. The largest absolute Gasteiger partial charge is 0.448 e. The number of benzene rings is 1. The second kappa shape index (κ2) is 18.9. The van der Waals surface area contributed by atoms with Gasteiger partial charge in [-0.15, -0.1) is 0 Å². The average Bonchev–Trinajstić information content (AvgIpc) is 3.47. The maximum absolute atomic E-state index is 12.1. The van der Waals surface area contributed by atoms with Gasteiger partial charge in [-0.05, 0) is 142 Å². The van der Waals surface area contributed by atoms with Crippen LogP contribution in [0.3, 0.4) is 0 Å². The third kappa shape index (κ3) is 9.97. The lowest BCUT2D eigenvalue weighted by molar-refractivity contribution is -0.114. The molecule has 7 nitrogen and oxygen atoms in total. The van der Waals surface area contributed by atoms with E-state index in [2.05, 4.69) is 53.6 Å². The number of rotatable bonds is 19. The fraction of sp³-hybridized carbons (Fsp3) is 0.707. The fourth-order valence-corrected chi connectivity index (χ4v) is 9.29. The molecule has 5 rings (SSSR count). The first-order chi connectivity index (χ1) is 23.5. The standard InChI is InChI=1S/C41H63N3O4/c1-3-25-44(26-4-2)33-15-12-30(13-16-33)10-9-23-43-41(47)48-27-24-42-22-8-6-5-7-11-32-29-38-36(20-21-39(38)46)37-18-14-31-28-34(45)17-19-35(31)40(32)37/h12-13,15-16,28,32,36-39,42,46H,3-11,14,17-27,29H2,1-2H3,(H,43,47). The Hall–Kier alpha value is -2.64. The van der Waals surface area contributed by atoms with E-state index in [9.17, 15) is 14.7 Å². The van der Waals surface area contributed by atoms with Crippen LogP contribution in [0.15, 0.2) is 47.1 Å². The normalized spacial score (nSPS) is 24.9. The molecule has 1 aromatic carbocycles. The van der Waals surface area contributed by atoms with Crippen LogP contribution < -0.4 is 15.5 Å². The molecule has 266 valence electrons. The number of fused-ring (bicyclic) bond motifs is 4. The number of carbonyl (C=O) groups is 2. The van der Waals surface area contributed by atoms with E-state index in [-0.39, 0.29) is 12.2 Å². The average molecular weight is 662 g/mol. The number of nitrogens with one attached hydrogen (secondary N) is 2. The molecule has 0 bridgehead atoms. The number of aryl methyl sites for hydroxylation is 1. The van der Waals surface area contributed by atoms with E-state index in [1.165, 1.54) is 60.9 Å². The number of anilines is 1. The first kappa shape index (κ1) is 36.6. The van der Waals surface area contributed by atoms with Crippen molar-refractivity contribution in [3.8, 4) is 0 Å². The topological polar surface area (TPSA) is 90.9 Å². The molecular formula is C41H63N3O4. The van der Waals surface area contributed by atoms with Crippen molar-refractivity contribution in [2.45, 2.75) is 123 Å². The number of ketones is 1. The Labute approximate surface area is 290 Å². The van der Waals surface area contributed by atoms with E-state index < -0.39 is 0 Å². The van der Waals surface area contributed by atoms with Crippen LogP contribution in [0.1, 0.15) is 116 Å². The molecule has 5 atom stereocenters. The summed E-state index contributed by atoms with van der Waals surface area (Å²) in [6, 6.07) is 8.87. The molecule has 1 aromatic rings. The highest BCUT2D eigenvalue weighted by molar-refractivity contribution is 5.93. The van der Waals surface area contributed by atoms with Gasteiger partial charge in [0.2, 0.25) is 0 Å². The number of ether oxygens (including phenoxy) is 1. The Morgan fingerprint density at radius 2 is 1.69 bits per heavy atom. The van der Waals surface area contributed by atoms with Crippen molar-refractivity contribution in [3.05, 3.63) is 52.6 Å². The molecule has 0 spiro atoms. The molecule has 0 saturated heterocycles. The number of hydrogen-bond donors (Lipinski definition) is 3. The summed E-state index contributed by atoms with van der Waals surface area (Å²) >= 11 is 0. The van der Waals surface area contributed by atoms with E-state index in [1.807, 2.05) is 6.08 Å². The van der Waals surface area contributed by atoms with Crippen LogP contribution in [0.5, 0.6) is 0 Å². The minimum Gasteiger partial charge on any atom is -0.448 e. The molecule has 2 saturated carbocycles. The first-order valence-corrected chi connectivity index (χ1v) is 19.6. The molecule has 3 N–H and O–H groups in total. The third-order valence-electron chi connectivity index (χ3n) is 11.5. The van der Waals surface area contributed by atoms with Gasteiger partial charge in [0, 0.05) is 38.3 Å². The molecule has 1 amide bonds. The number of carbonyl (C=O) groups excluding carboxylic acids is 2. The summed E-state index contributed by atoms with van der Waals surface area (Å²) in [5.41, 5.74) is 7.17. The molecule has 4 aliphatic carbocycles. The zero-order valence-electron chi connectivity index (χ0n) is 29.9. The summed E-state index contributed by atoms with van der Waals surface area (Å²) in [5, 5.41) is 17.1. The van der Waals surface area contributed by atoms with Gasteiger partial charge < -0.3 is 25.4 Å². The van der Waals surface area contributed by atoms with Gasteiger partial charge in [-0.3, -0.25) is 4.79 Å². The molecule has 0 heterocycles. The summed E-state index contributed by atoms with van der Waals surface area (Å²) in [5.74, 6) is 2.65. The van der Waals surface area contributed by atoms with Gasteiger partial charge in [0.05, 0.1) is 6.10 Å². The van der Waals surface area contributed by atoms with Crippen LogP contribution in [0.4, 0.5) is 10.5 Å². The van der Waals surface area contributed by atoms with E-state index in [1.54, 1.807) is 5.57 Å². The lowest BCUT2D eigenvalue weighted by atomic mass is 9.58. The van der Waals surface area contributed by atoms with Crippen LogP contribution >= 0.6 is 0 Å². The summed E-state index contributed by atoms with van der Waals surface area (Å²) < 4.78 is 5.36. The van der Waals surface area contributed by atoms with Gasteiger partial charge in [-0.2, -0.15) is 0 Å². The molecule has 4 aliphatic rings. The van der Waals surface area contributed by atoms with E-state index >= 15 is 0 Å². The van der Waals surface area contributed by atoms with Crippen molar-refractivity contribution in [1.29, 1.82) is 0 Å². The Morgan fingerprint density at radius 1 is 0.896 bits per heavy atom. The zero-order chi connectivity index (χ0) is 33.7. The Balaban J connectivity index is 0.906. The monoisotopic (exact) mass is 661 g/mol. The summed E-state index contributed by atoms with van der Waals surface area (Å²) in [6.45, 7) is 9.25. The molecular weight excluding hydrogens is 598 g/mol. The molecule has 48 heavy (non-hydrogen) atoms. The number of aliphatic hydroxyl groups excluding tert-OH is 1. The highest BCUT2D eigenvalue weighted by atomic mass is 16.5. The summed E-state index contributed by atoms with van der Waals surface area (Å²) in [4.78, 5) is 26.7. The maximum Gasteiger partial charge on any atom is 0.407 e. The number of allylic oxidation sites excluding steroid dienone is 4. The first-order valence-electron chi connectivity index (χ1n) is 19.6. The molecule has 2 fully saturated rings. The quantitative estimate of drug-likeness (QED) is 0.131. The number of unbranched alkanes of at least 4 members (excludes halogenated alkanes) is 3. The smallest absolute Gasteiger partial charge is 0.407 e. The molecule has 0 aromatic heterocycles. The number of hydrogen-bond acceptors (Lipinski definition) is 6. The fourth-order valence-electron chi connectivity index (χ4n) is 9.29. The van der Waals surface area contributed by atoms with Gasteiger partial charge in [-0.1, -0.05) is 50.8 Å². The van der Waals surface area contributed by atoms with E-state index in [0.29, 0.717) is 55.6 Å². The highest BCUT2D eigenvalue weighted by Gasteiger charge is 2.49. The number of aliphatic hydroxyl groups is 1. The summed E-state index contributed by atoms with van der Waals surface area (Å²) in [7, 11) is 0. The van der Waals surface area contributed by atoms with Crippen molar-refractivity contribution in [1.82, 2.24) is 10.6 Å². The van der Waals surface area contributed by atoms with Crippen molar-refractivity contribution in [2.24, 2.45) is 23.7 Å². The van der Waals surface area contributed by atoms with E-state index in [4.69, 9.17) is 4.74 Å². The van der Waals surface area contributed by atoms with Gasteiger partial charge in [-0.25, -0.2) is 4.79 Å². The third-order valence-corrected chi connectivity index (χ3v) is 11.5. The van der Waals surface area contributed by atoms with Crippen LogP contribution in [-0.2, 0) is 16.0 Å². The molecule has 0 aliphatic heterocycles. The van der Waals surface area contributed by atoms with E-state index in [0.717, 1.165) is 77.4 Å². The predicted octanol–water partition coefficient (Wildman–Crippen LogP) is 7.91. The highest BCUT2D eigenvalue weighted by Crippen LogP contribution is 2.57. The minimum atomic E-state index is -0.334. The summed E-state index contributed by atoms with van der Waals surface area (Å²) in [6.07, 6.45) is 18.8. The van der Waals surface area contributed by atoms with Gasteiger partial charge in [0.1, 0.15) is 6.61 Å². The maximum atomic E-state index is 12.1. The van der Waals surface area contributed by atoms with Crippen molar-refractivity contribution >= 4 is 17.6 Å². The lowest BCUT2D eigenvalue weighted by Gasteiger charge is -2.46. The Kier molecular flexibility index (Phi) is 14.5. The predicted molar refractivity (Wildman–Crippen MR) is 195 cm³/mol. The van der Waals surface area contributed by atoms with Crippen molar-refractivity contribution < 1.29 is 19.4 Å². The number of nitrogens with zero attached hydrogens (tertiary/aromatic N) is 1. The number of amides is 1. The van der Waals surface area contributed by atoms with Crippen LogP contribution in [0, 0.1) is 23.7 Å². The van der Waals surface area contributed by atoms with Gasteiger partial charge in [0.25, 0.3) is 0 Å². The zero-order valence-corrected chi connectivity index (χ0v) is 29.9. The SMILES string of the molecule is CCCN(CCC)c1ccc(CCCNC(=O)OCCNCCCCCCC2CC3C(O)CCC3C3CCC4=CC(=O)CCC4=C23)cc1.